The average molecular weight is 378 g/mol. The molecule has 0 saturated heterocycles. The molecule has 0 spiro atoms. The third-order valence-electron chi connectivity index (χ3n) is 4.99. The quantitative estimate of drug-likeness (QED) is 0.796. The van der Waals surface area contributed by atoms with Crippen LogP contribution < -0.4 is 5.32 Å². The van der Waals surface area contributed by atoms with Gasteiger partial charge in [-0.25, -0.2) is 0 Å². The van der Waals surface area contributed by atoms with Gasteiger partial charge in [-0.15, -0.1) is 21.5 Å². The van der Waals surface area contributed by atoms with Gasteiger partial charge in [0.15, 0.2) is 0 Å². The Morgan fingerprint density at radius 1 is 1.36 bits per heavy atom. The van der Waals surface area contributed by atoms with Gasteiger partial charge >= 0.3 is 0 Å². The van der Waals surface area contributed by atoms with E-state index in [-0.39, 0.29) is 5.91 Å². The van der Waals surface area contributed by atoms with Crippen molar-refractivity contribution in [3.05, 3.63) is 16.5 Å². The second-order valence-electron chi connectivity index (χ2n) is 7.12. The first-order valence-corrected chi connectivity index (χ1v) is 10.8. The van der Waals surface area contributed by atoms with E-state index in [1.54, 1.807) is 11.3 Å². The highest BCUT2D eigenvalue weighted by Gasteiger charge is 2.21. The Labute approximate surface area is 156 Å². The van der Waals surface area contributed by atoms with E-state index in [1.807, 2.05) is 0 Å². The van der Waals surface area contributed by atoms with Crippen molar-refractivity contribution in [3.63, 3.8) is 0 Å². The monoisotopic (exact) mass is 377 g/mol. The zero-order valence-corrected chi connectivity index (χ0v) is 16.0. The Kier molecular flexibility index (Phi) is 5.12. The highest BCUT2D eigenvalue weighted by Crippen LogP contribution is 2.37. The Morgan fingerprint density at radius 2 is 2.20 bits per heavy atom. The molecule has 2 aliphatic carbocycles. The molecule has 134 valence electrons. The zero-order chi connectivity index (χ0) is 17.2. The summed E-state index contributed by atoms with van der Waals surface area (Å²) in [5.41, 5.74) is 1.43. The molecule has 2 heterocycles. The van der Waals surface area contributed by atoms with E-state index in [9.17, 15) is 4.79 Å². The number of aryl methyl sites for hydroxylation is 1. The molecule has 1 atom stereocenters. The largest absolute Gasteiger partial charge is 0.410 e. The van der Waals surface area contributed by atoms with Gasteiger partial charge in [0.05, 0.1) is 10.6 Å². The highest BCUT2D eigenvalue weighted by atomic mass is 32.2. The molecular weight excluding hydrogens is 354 g/mol. The lowest BCUT2D eigenvalue weighted by Gasteiger charge is -2.16. The lowest BCUT2D eigenvalue weighted by Crippen LogP contribution is -2.33. The van der Waals surface area contributed by atoms with Crippen LogP contribution in [-0.4, -0.2) is 27.9 Å². The van der Waals surface area contributed by atoms with Gasteiger partial charge in [0.1, 0.15) is 0 Å². The fraction of sp³-hybridized carbons (Fsp3) is 0.611. The lowest BCUT2D eigenvalue weighted by atomic mass is 9.90. The second kappa shape index (κ2) is 7.50. The topological polar surface area (TPSA) is 68.0 Å². The fourth-order valence-electron chi connectivity index (χ4n) is 3.65. The minimum atomic E-state index is 0.0530. The first-order chi connectivity index (χ1) is 12.2. The number of carbonyl (C=O) groups is 1. The SMILES string of the molecule is C[C@H]1CCc2sc(-c3nnc(SCC(=O)NC4CCCC4)o3)cc2C1. The minimum Gasteiger partial charge on any atom is -0.410 e. The van der Waals surface area contributed by atoms with Gasteiger partial charge in [0, 0.05) is 10.9 Å². The van der Waals surface area contributed by atoms with Crippen molar-refractivity contribution in [2.45, 2.75) is 63.1 Å². The molecule has 7 heteroatoms. The molecule has 0 radical (unpaired) electrons. The van der Waals surface area contributed by atoms with E-state index >= 15 is 0 Å². The summed E-state index contributed by atoms with van der Waals surface area (Å²) >= 11 is 3.08. The molecule has 2 aromatic rings. The maximum absolute atomic E-state index is 12.0. The predicted octanol–water partition coefficient (Wildman–Crippen LogP) is 4.07. The van der Waals surface area contributed by atoms with Crippen LogP contribution in [0.4, 0.5) is 0 Å². The molecule has 4 rings (SSSR count). The standard InChI is InChI=1S/C18H23N3O2S2/c1-11-6-7-14-12(8-11)9-15(25-14)17-20-21-18(23-17)24-10-16(22)19-13-4-2-3-5-13/h9,11,13H,2-8,10H2,1H3,(H,19,22)/t11-/m0/s1. The van der Waals surface area contributed by atoms with E-state index in [2.05, 4.69) is 28.5 Å². The molecular formula is C18H23N3O2S2. The van der Waals surface area contributed by atoms with Crippen LogP contribution in [0.2, 0.25) is 0 Å². The van der Waals surface area contributed by atoms with Crippen LogP contribution in [-0.2, 0) is 17.6 Å². The molecule has 0 unspecified atom stereocenters. The Bertz CT molecular complexity index is 749. The van der Waals surface area contributed by atoms with E-state index < -0.39 is 0 Å². The Morgan fingerprint density at radius 3 is 3.04 bits per heavy atom. The summed E-state index contributed by atoms with van der Waals surface area (Å²) in [6.45, 7) is 2.30. The van der Waals surface area contributed by atoms with Crippen LogP contribution in [0, 0.1) is 5.92 Å². The third kappa shape index (κ3) is 4.08. The molecule has 2 aromatic heterocycles. The van der Waals surface area contributed by atoms with Crippen LogP contribution >= 0.6 is 23.1 Å². The van der Waals surface area contributed by atoms with Crippen LogP contribution in [0.5, 0.6) is 0 Å². The van der Waals surface area contributed by atoms with Crippen molar-refractivity contribution in [3.8, 4) is 10.8 Å². The van der Waals surface area contributed by atoms with Crippen LogP contribution in [0.3, 0.4) is 0 Å². The summed E-state index contributed by atoms with van der Waals surface area (Å²) < 4.78 is 5.77. The molecule has 1 fully saturated rings. The zero-order valence-electron chi connectivity index (χ0n) is 14.4. The maximum Gasteiger partial charge on any atom is 0.277 e. The number of hydrogen-bond donors (Lipinski definition) is 1. The Balaban J connectivity index is 1.35. The van der Waals surface area contributed by atoms with Gasteiger partial charge in [-0.05, 0) is 49.7 Å². The van der Waals surface area contributed by atoms with Crippen molar-refractivity contribution >= 4 is 29.0 Å². The summed E-state index contributed by atoms with van der Waals surface area (Å²) in [4.78, 5) is 14.5. The molecule has 0 bridgehead atoms. The first-order valence-electron chi connectivity index (χ1n) is 9.05. The molecule has 1 N–H and O–H groups in total. The van der Waals surface area contributed by atoms with E-state index in [0.717, 1.165) is 36.5 Å². The Hall–Kier alpha value is -1.34. The van der Waals surface area contributed by atoms with Gasteiger partial charge in [0.25, 0.3) is 11.1 Å². The maximum atomic E-state index is 12.0. The van der Waals surface area contributed by atoms with E-state index in [4.69, 9.17) is 4.42 Å². The molecule has 1 saturated carbocycles. The number of thioether (sulfide) groups is 1. The molecule has 1 amide bonds. The van der Waals surface area contributed by atoms with Crippen LogP contribution in [0.15, 0.2) is 15.7 Å². The van der Waals surface area contributed by atoms with E-state index in [0.29, 0.717) is 22.9 Å². The molecule has 25 heavy (non-hydrogen) atoms. The number of thiophene rings is 1. The summed E-state index contributed by atoms with van der Waals surface area (Å²) in [6.07, 6.45) is 8.18. The van der Waals surface area contributed by atoms with Crippen molar-refractivity contribution in [1.29, 1.82) is 0 Å². The number of rotatable bonds is 5. The molecule has 5 nitrogen and oxygen atoms in total. The number of amides is 1. The average Bonchev–Trinajstić information content (AvgIpc) is 3.32. The summed E-state index contributed by atoms with van der Waals surface area (Å²) in [6, 6.07) is 2.55. The predicted molar refractivity (Wildman–Crippen MR) is 99.9 cm³/mol. The van der Waals surface area contributed by atoms with Crippen LogP contribution in [0.25, 0.3) is 10.8 Å². The first kappa shape index (κ1) is 17.1. The number of hydrogen-bond acceptors (Lipinski definition) is 6. The van der Waals surface area contributed by atoms with Gasteiger partial charge < -0.3 is 9.73 Å². The van der Waals surface area contributed by atoms with Crippen molar-refractivity contribution < 1.29 is 9.21 Å². The lowest BCUT2D eigenvalue weighted by molar-refractivity contribution is -0.119. The van der Waals surface area contributed by atoms with E-state index in [1.165, 1.54) is 41.5 Å². The molecule has 2 aliphatic rings. The van der Waals surface area contributed by atoms with Gasteiger partial charge in [-0.1, -0.05) is 31.5 Å². The summed E-state index contributed by atoms with van der Waals surface area (Å²) in [7, 11) is 0. The van der Waals surface area contributed by atoms with Crippen LogP contribution in [0.1, 0.15) is 49.5 Å². The number of nitrogens with one attached hydrogen (secondary N) is 1. The fourth-order valence-corrected chi connectivity index (χ4v) is 5.35. The molecule has 0 aliphatic heterocycles. The summed E-state index contributed by atoms with van der Waals surface area (Å²) in [5, 5.41) is 11.8. The number of aromatic nitrogens is 2. The third-order valence-corrected chi connectivity index (χ3v) is 7.04. The molecule has 0 aromatic carbocycles. The van der Waals surface area contributed by atoms with Crippen molar-refractivity contribution in [1.82, 2.24) is 15.5 Å². The number of carbonyl (C=O) groups excluding carboxylic acids is 1. The van der Waals surface area contributed by atoms with Crippen molar-refractivity contribution in [2.24, 2.45) is 5.92 Å². The number of nitrogens with zero attached hydrogens (tertiary/aromatic N) is 2. The van der Waals surface area contributed by atoms with Gasteiger partial charge in [-0.2, -0.15) is 0 Å². The summed E-state index contributed by atoms with van der Waals surface area (Å²) in [5.74, 6) is 1.71. The van der Waals surface area contributed by atoms with Crippen molar-refractivity contribution in [2.75, 3.05) is 5.75 Å². The highest BCUT2D eigenvalue weighted by molar-refractivity contribution is 7.99. The van der Waals surface area contributed by atoms with Gasteiger partial charge in [0.2, 0.25) is 5.91 Å². The smallest absolute Gasteiger partial charge is 0.277 e. The van der Waals surface area contributed by atoms with Gasteiger partial charge in [-0.3, -0.25) is 4.79 Å². The minimum absolute atomic E-state index is 0.0530. The number of fused-ring (bicyclic) bond motifs is 1. The second-order valence-corrected chi connectivity index (χ2v) is 9.18. The normalized spacial score (nSPS) is 20.6.